The third-order valence-electron chi connectivity index (χ3n) is 4.10. The molecule has 0 aromatic carbocycles. The number of hydrogen-bond donors (Lipinski definition) is 1. The van der Waals surface area contributed by atoms with Crippen LogP contribution in [0.4, 0.5) is 13.2 Å². The lowest BCUT2D eigenvalue weighted by Crippen LogP contribution is -2.58. The van der Waals surface area contributed by atoms with Crippen LogP contribution in [0.5, 0.6) is 0 Å². The van der Waals surface area contributed by atoms with Crippen LogP contribution >= 0.6 is 0 Å². The van der Waals surface area contributed by atoms with Gasteiger partial charge >= 0.3 is 6.18 Å². The van der Waals surface area contributed by atoms with Gasteiger partial charge in [0.15, 0.2) is 0 Å². The Hall–Kier alpha value is -0.290. The Morgan fingerprint density at radius 3 is 2.24 bits per heavy atom. The maximum absolute atomic E-state index is 12.5. The summed E-state index contributed by atoms with van der Waals surface area (Å²) < 4.78 is 37.4. The van der Waals surface area contributed by atoms with Crippen LogP contribution in [-0.2, 0) is 0 Å². The second kappa shape index (κ2) is 4.76. The van der Waals surface area contributed by atoms with E-state index in [1.165, 1.54) is 0 Å². The fourth-order valence-electron chi connectivity index (χ4n) is 3.62. The number of nitrogens with two attached hydrogens (primary N) is 1. The van der Waals surface area contributed by atoms with Gasteiger partial charge in [-0.1, -0.05) is 6.42 Å². The number of fused-ring (bicyclic) bond motifs is 2. The lowest BCUT2D eigenvalue weighted by atomic mass is 9.81. The van der Waals surface area contributed by atoms with Crippen molar-refractivity contribution in [3.8, 4) is 0 Å². The highest BCUT2D eigenvalue weighted by Crippen LogP contribution is 2.37. The summed E-state index contributed by atoms with van der Waals surface area (Å²) in [5, 5.41) is 0. The minimum absolute atomic E-state index is 0.180. The average molecular weight is 250 g/mol. The Labute approximate surface area is 100 Å². The van der Waals surface area contributed by atoms with Crippen LogP contribution in [0.2, 0.25) is 0 Å². The van der Waals surface area contributed by atoms with E-state index in [0.29, 0.717) is 0 Å². The van der Waals surface area contributed by atoms with Gasteiger partial charge in [0.25, 0.3) is 0 Å². The number of halogens is 3. The van der Waals surface area contributed by atoms with E-state index >= 15 is 0 Å². The normalized spacial score (nSPS) is 36.9. The topological polar surface area (TPSA) is 29.3 Å². The van der Waals surface area contributed by atoms with Crippen molar-refractivity contribution >= 4 is 0 Å². The lowest BCUT2D eigenvalue weighted by molar-refractivity contribution is -0.154. The molecular formula is C12H21F3N2. The molecule has 0 aromatic heterocycles. The molecule has 2 saturated heterocycles. The monoisotopic (exact) mass is 250 g/mol. The fourth-order valence-corrected chi connectivity index (χ4v) is 3.62. The standard InChI is InChI=1S/C12H21F3N2/c1-8(7-12(13,14)15)17-10-3-2-4-11(17)6-9(16)5-10/h8-11H,2-7,16H2,1H3. The van der Waals surface area contributed by atoms with Crippen molar-refractivity contribution in [2.24, 2.45) is 5.73 Å². The van der Waals surface area contributed by atoms with E-state index in [0.717, 1.165) is 32.1 Å². The third kappa shape index (κ3) is 3.13. The summed E-state index contributed by atoms with van der Waals surface area (Å²) in [4.78, 5) is 2.10. The molecule has 100 valence electrons. The highest BCUT2D eigenvalue weighted by Gasteiger charge is 2.42. The molecule has 0 amide bonds. The molecule has 3 unspecified atom stereocenters. The molecule has 0 aliphatic carbocycles. The molecule has 2 aliphatic rings. The van der Waals surface area contributed by atoms with Crippen molar-refractivity contribution in [3.05, 3.63) is 0 Å². The van der Waals surface area contributed by atoms with Gasteiger partial charge in [-0.15, -0.1) is 0 Å². The Kier molecular flexibility index (Phi) is 3.69. The molecule has 3 atom stereocenters. The Balaban J connectivity index is 2.04. The molecule has 17 heavy (non-hydrogen) atoms. The van der Waals surface area contributed by atoms with Crippen LogP contribution in [0.1, 0.15) is 45.4 Å². The van der Waals surface area contributed by atoms with Crippen LogP contribution in [0.3, 0.4) is 0 Å². The van der Waals surface area contributed by atoms with Gasteiger partial charge in [0.2, 0.25) is 0 Å². The summed E-state index contributed by atoms with van der Waals surface area (Å²) in [7, 11) is 0. The smallest absolute Gasteiger partial charge is 0.328 e. The summed E-state index contributed by atoms with van der Waals surface area (Å²) in [5.41, 5.74) is 5.97. The van der Waals surface area contributed by atoms with Gasteiger partial charge in [0, 0.05) is 24.2 Å². The maximum atomic E-state index is 12.5. The number of rotatable bonds is 2. The molecule has 2 aliphatic heterocycles. The number of nitrogens with zero attached hydrogens (tertiary/aromatic N) is 1. The average Bonchev–Trinajstić information content (AvgIpc) is 2.12. The van der Waals surface area contributed by atoms with Gasteiger partial charge in [-0.2, -0.15) is 13.2 Å². The summed E-state index contributed by atoms with van der Waals surface area (Å²) in [5.74, 6) is 0. The van der Waals surface area contributed by atoms with E-state index < -0.39 is 18.6 Å². The molecule has 2 heterocycles. The van der Waals surface area contributed by atoms with E-state index in [9.17, 15) is 13.2 Å². The molecule has 0 saturated carbocycles. The van der Waals surface area contributed by atoms with Crippen molar-refractivity contribution in [1.29, 1.82) is 0 Å². The zero-order valence-electron chi connectivity index (χ0n) is 10.2. The van der Waals surface area contributed by atoms with Crippen LogP contribution < -0.4 is 5.73 Å². The summed E-state index contributed by atoms with van der Waals surface area (Å²) in [6, 6.07) is 0.321. The molecular weight excluding hydrogens is 229 g/mol. The molecule has 2 fully saturated rings. The Bertz CT molecular complexity index is 253. The van der Waals surface area contributed by atoms with Crippen LogP contribution in [-0.4, -0.2) is 35.2 Å². The van der Waals surface area contributed by atoms with Crippen molar-refractivity contribution in [3.63, 3.8) is 0 Å². The zero-order valence-corrected chi connectivity index (χ0v) is 10.2. The molecule has 2 rings (SSSR count). The molecule has 0 radical (unpaired) electrons. The van der Waals surface area contributed by atoms with Crippen molar-refractivity contribution in [2.75, 3.05) is 0 Å². The summed E-state index contributed by atoms with van der Waals surface area (Å²) in [6.07, 6.45) is 0.107. The third-order valence-corrected chi connectivity index (χ3v) is 4.10. The summed E-state index contributed by atoms with van der Waals surface area (Å²) in [6.45, 7) is 1.70. The first-order valence-corrected chi connectivity index (χ1v) is 6.46. The molecule has 0 aromatic rings. The molecule has 5 heteroatoms. The number of hydrogen-bond acceptors (Lipinski definition) is 2. The van der Waals surface area contributed by atoms with Crippen molar-refractivity contribution in [1.82, 2.24) is 4.90 Å². The minimum atomic E-state index is -4.06. The lowest BCUT2D eigenvalue weighted by Gasteiger charge is -2.51. The van der Waals surface area contributed by atoms with E-state index in [-0.39, 0.29) is 18.1 Å². The van der Waals surface area contributed by atoms with Gasteiger partial charge in [-0.3, -0.25) is 4.90 Å². The number of alkyl halides is 3. The quantitative estimate of drug-likeness (QED) is 0.816. The SMILES string of the molecule is CC(CC(F)(F)F)N1C2CCCC1CC(N)C2. The van der Waals surface area contributed by atoms with Gasteiger partial charge in [0.05, 0.1) is 6.42 Å². The van der Waals surface area contributed by atoms with E-state index in [4.69, 9.17) is 5.73 Å². The minimum Gasteiger partial charge on any atom is -0.328 e. The maximum Gasteiger partial charge on any atom is 0.390 e. The molecule has 2 N–H and O–H groups in total. The summed E-state index contributed by atoms with van der Waals surface area (Å²) >= 11 is 0. The van der Waals surface area contributed by atoms with Crippen LogP contribution in [0.15, 0.2) is 0 Å². The zero-order chi connectivity index (χ0) is 12.6. The van der Waals surface area contributed by atoms with E-state index in [1.807, 2.05) is 0 Å². The second-order valence-corrected chi connectivity index (χ2v) is 5.59. The van der Waals surface area contributed by atoms with E-state index in [1.54, 1.807) is 6.92 Å². The largest absolute Gasteiger partial charge is 0.390 e. The number of piperidine rings is 2. The fraction of sp³-hybridized carbons (Fsp3) is 1.00. The first-order valence-electron chi connectivity index (χ1n) is 6.46. The molecule has 2 nitrogen and oxygen atoms in total. The highest BCUT2D eigenvalue weighted by molar-refractivity contribution is 4.96. The molecule has 2 bridgehead atoms. The van der Waals surface area contributed by atoms with Crippen LogP contribution in [0.25, 0.3) is 0 Å². The predicted octanol–water partition coefficient (Wildman–Crippen LogP) is 2.67. The predicted molar refractivity (Wildman–Crippen MR) is 60.6 cm³/mol. The van der Waals surface area contributed by atoms with Crippen LogP contribution in [0, 0.1) is 0 Å². The van der Waals surface area contributed by atoms with Gasteiger partial charge < -0.3 is 5.73 Å². The highest BCUT2D eigenvalue weighted by atomic mass is 19.4. The Morgan fingerprint density at radius 2 is 1.76 bits per heavy atom. The second-order valence-electron chi connectivity index (χ2n) is 5.59. The van der Waals surface area contributed by atoms with Gasteiger partial charge in [0.1, 0.15) is 0 Å². The Morgan fingerprint density at radius 1 is 1.24 bits per heavy atom. The van der Waals surface area contributed by atoms with Crippen molar-refractivity contribution in [2.45, 2.75) is 75.8 Å². The van der Waals surface area contributed by atoms with Crippen molar-refractivity contribution < 1.29 is 13.2 Å². The van der Waals surface area contributed by atoms with E-state index in [2.05, 4.69) is 4.90 Å². The first kappa shape index (κ1) is 13.1. The van der Waals surface area contributed by atoms with Gasteiger partial charge in [-0.25, -0.2) is 0 Å². The molecule has 0 spiro atoms. The first-order chi connectivity index (χ1) is 7.87. The van der Waals surface area contributed by atoms with Gasteiger partial charge in [-0.05, 0) is 32.6 Å².